The molecule has 2 heterocycles. The second kappa shape index (κ2) is 9.33. The molecule has 0 amide bonds. The minimum Gasteiger partial charge on any atom is -0.461 e. The van der Waals surface area contributed by atoms with Gasteiger partial charge in [-0.05, 0) is 49.6 Å². The van der Waals surface area contributed by atoms with Gasteiger partial charge >= 0.3 is 5.97 Å². The molecule has 1 saturated heterocycles. The summed E-state index contributed by atoms with van der Waals surface area (Å²) in [7, 11) is 0. The molecular weight excluding hydrogens is 388 g/mol. The summed E-state index contributed by atoms with van der Waals surface area (Å²) < 4.78 is 5.49. The number of hydrogen-bond donors (Lipinski definition) is 0. The maximum absolute atomic E-state index is 12.8. The number of carbonyl (C=O) groups is 1. The third-order valence-corrected chi connectivity index (χ3v) is 5.97. The molecule has 6 heteroatoms. The van der Waals surface area contributed by atoms with E-state index in [1.165, 1.54) is 16.8 Å². The molecule has 0 saturated carbocycles. The van der Waals surface area contributed by atoms with E-state index < -0.39 is 5.97 Å². The molecule has 0 radical (unpaired) electrons. The van der Waals surface area contributed by atoms with Crippen LogP contribution in [0.15, 0.2) is 42.5 Å². The highest BCUT2D eigenvalue weighted by Gasteiger charge is 2.26. The van der Waals surface area contributed by atoms with Crippen molar-refractivity contribution in [1.29, 1.82) is 0 Å². The highest BCUT2D eigenvalue weighted by Crippen LogP contribution is 2.27. The molecule has 31 heavy (non-hydrogen) atoms. The molecular formula is C25H30N4O2. The summed E-state index contributed by atoms with van der Waals surface area (Å²) in [4.78, 5) is 26.9. The molecule has 1 aromatic heterocycles. The van der Waals surface area contributed by atoms with Crippen molar-refractivity contribution >= 4 is 28.5 Å². The summed E-state index contributed by atoms with van der Waals surface area (Å²) >= 11 is 0. The van der Waals surface area contributed by atoms with Crippen molar-refractivity contribution in [3.8, 4) is 0 Å². The molecule has 1 aliphatic rings. The van der Waals surface area contributed by atoms with Gasteiger partial charge in [0.25, 0.3) is 0 Å². The first kappa shape index (κ1) is 21.1. The zero-order valence-corrected chi connectivity index (χ0v) is 18.6. The van der Waals surface area contributed by atoms with Crippen LogP contribution in [0.3, 0.4) is 0 Å². The first-order valence-electron chi connectivity index (χ1n) is 11.1. The summed E-state index contributed by atoms with van der Waals surface area (Å²) in [5.41, 5.74) is 5.72. The van der Waals surface area contributed by atoms with Crippen LogP contribution in [0.25, 0.3) is 11.0 Å². The highest BCUT2D eigenvalue weighted by molar-refractivity contribution is 5.95. The standard InChI is InChI=1S/C25H30N4O2/c1-4-5-17-31-25(30)23-24(27-21-11-7-6-10-20(21)26-23)29-15-13-28(14-16-29)22-12-8-9-18(2)19(22)3/h6-12H,4-5,13-17H2,1-3H3. The van der Waals surface area contributed by atoms with E-state index >= 15 is 0 Å². The molecule has 162 valence electrons. The lowest BCUT2D eigenvalue weighted by molar-refractivity contribution is 0.0493. The van der Waals surface area contributed by atoms with Crippen LogP contribution >= 0.6 is 0 Å². The number of benzene rings is 2. The van der Waals surface area contributed by atoms with E-state index in [4.69, 9.17) is 9.72 Å². The van der Waals surface area contributed by atoms with E-state index in [-0.39, 0.29) is 0 Å². The Balaban J connectivity index is 1.59. The van der Waals surface area contributed by atoms with Crippen LogP contribution in [0.5, 0.6) is 0 Å². The molecule has 0 atom stereocenters. The van der Waals surface area contributed by atoms with E-state index in [0.717, 1.165) is 44.5 Å². The number of nitrogens with zero attached hydrogens (tertiary/aromatic N) is 4. The van der Waals surface area contributed by atoms with Crippen molar-refractivity contribution in [2.45, 2.75) is 33.6 Å². The number of aryl methyl sites for hydroxylation is 1. The summed E-state index contributed by atoms with van der Waals surface area (Å²) in [5.74, 6) is 0.236. The fourth-order valence-electron chi connectivity index (χ4n) is 3.96. The van der Waals surface area contributed by atoms with Crippen molar-refractivity contribution in [3.05, 3.63) is 59.3 Å². The lowest BCUT2D eigenvalue weighted by Gasteiger charge is -2.38. The predicted molar refractivity (Wildman–Crippen MR) is 125 cm³/mol. The Labute approximate surface area is 183 Å². The monoisotopic (exact) mass is 418 g/mol. The van der Waals surface area contributed by atoms with Gasteiger partial charge in [-0.15, -0.1) is 0 Å². The van der Waals surface area contributed by atoms with Gasteiger partial charge in [0.2, 0.25) is 0 Å². The molecule has 0 spiro atoms. The number of anilines is 2. The number of esters is 1. The Kier molecular flexibility index (Phi) is 6.35. The van der Waals surface area contributed by atoms with Gasteiger partial charge in [0.05, 0.1) is 17.6 Å². The highest BCUT2D eigenvalue weighted by atomic mass is 16.5. The fourth-order valence-corrected chi connectivity index (χ4v) is 3.96. The molecule has 6 nitrogen and oxygen atoms in total. The number of ether oxygens (including phenoxy) is 1. The average molecular weight is 419 g/mol. The molecule has 4 rings (SSSR count). The van der Waals surface area contributed by atoms with Gasteiger partial charge in [-0.2, -0.15) is 0 Å². The number of fused-ring (bicyclic) bond motifs is 1. The Morgan fingerprint density at radius 3 is 2.32 bits per heavy atom. The number of piperazine rings is 1. The zero-order chi connectivity index (χ0) is 21.8. The minimum absolute atomic E-state index is 0.315. The van der Waals surface area contributed by atoms with Crippen LogP contribution in [-0.2, 0) is 4.74 Å². The van der Waals surface area contributed by atoms with Gasteiger partial charge in [0.1, 0.15) is 0 Å². The van der Waals surface area contributed by atoms with Gasteiger partial charge in [0.15, 0.2) is 11.5 Å². The minimum atomic E-state index is -0.390. The lowest BCUT2D eigenvalue weighted by atomic mass is 10.1. The topological polar surface area (TPSA) is 58.6 Å². The van der Waals surface area contributed by atoms with E-state index in [0.29, 0.717) is 23.6 Å². The number of hydrogen-bond acceptors (Lipinski definition) is 6. The van der Waals surface area contributed by atoms with Gasteiger partial charge in [-0.25, -0.2) is 14.8 Å². The summed E-state index contributed by atoms with van der Waals surface area (Å²) in [6.45, 7) is 10.1. The summed E-state index contributed by atoms with van der Waals surface area (Å²) in [6.07, 6.45) is 1.82. The molecule has 3 aromatic rings. The second-order valence-electron chi connectivity index (χ2n) is 8.07. The van der Waals surface area contributed by atoms with Gasteiger partial charge in [-0.1, -0.05) is 37.6 Å². The SMILES string of the molecule is CCCCOC(=O)c1nc2ccccc2nc1N1CCN(c2cccc(C)c2C)CC1. The zero-order valence-electron chi connectivity index (χ0n) is 18.6. The number of unbranched alkanes of at least 4 members (excludes halogenated alkanes) is 1. The van der Waals surface area contributed by atoms with Crippen LogP contribution in [0, 0.1) is 13.8 Å². The van der Waals surface area contributed by atoms with E-state index in [9.17, 15) is 4.79 Å². The number of aromatic nitrogens is 2. The number of para-hydroxylation sites is 2. The van der Waals surface area contributed by atoms with Gasteiger partial charge < -0.3 is 14.5 Å². The smallest absolute Gasteiger partial charge is 0.360 e. The van der Waals surface area contributed by atoms with Crippen molar-refractivity contribution in [3.63, 3.8) is 0 Å². The van der Waals surface area contributed by atoms with E-state index in [1.54, 1.807) is 0 Å². The maximum atomic E-state index is 12.8. The van der Waals surface area contributed by atoms with Gasteiger partial charge in [-0.3, -0.25) is 0 Å². The second-order valence-corrected chi connectivity index (χ2v) is 8.07. The Morgan fingerprint density at radius 1 is 0.935 bits per heavy atom. The van der Waals surface area contributed by atoms with Crippen LogP contribution < -0.4 is 9.80 Å². The van der Waals surface area contributed by atoms with Crippen LogP contribution in [0.4, 0.5) is 11.5 Å². The molecule has 0 unspecified atom stereocenters. The molecule has 2 aromatic carbocycles. The quantitative estimate of drug-likeness (QED) is 0.433. The third kappa shape index (κ3) is 4.48. The maximum Gasteiger partial charge on any atom is 0.360 e. The Morgan fingerprint density at radius 2 is 1.61 bits per heavy atom. The molecule has 1 fully saturated rings. The van der Waals surface area contributed by atoms with Crippen molar-refractivity contribution in [1.82, 2.24) is 9.97 Å². The van der Waals surface area contributed by atoms with Crippen LogP contribution in [0.1, 0.15) is 41.4 Å². The average Bonchev–Trinajstić information content (AvgIpc) is 2.80. The number of carbonyl (C=O) groups excluding carboxylic acids is 1. The van der Waals surface area contributed by atoms with Crippen LogP contribution in [0.2, 0.25) is 0 Å². The number of rotatable bonds is 6. The summed E-state index contributed by atoms with van der Waals surface area (Å²) in [5, 5.41) is 0. The van der Waals surface area contributed by atoms with Crippen molar-refractivity contribution < 1.29 is 9.53 Å². The Bertz CT molecular complexity index is 1070. The van der Waals surface area contributed by atoms with Crippen molar-refractivity contribution in [2.24, 2.45) is 0 Å². The molecule has 0 bridgehead atoms. The van der Waals surface area contributed by atoms with Gasteiger partial charge in [0, 0.05) is 31.9 Å². The van der Waals surface area contributed by atoms with E-state index in [2.05, 4.69) is 53.8 Å². The molecule has 0 N–H and O–H groups in total. The summed E-state index contributed by atoms with van der Waals surface area (Å²) in [6, 6.07) is 14.1. The van der Waals surface area contributed by atoms with E-state index in [1.807, 2.05) is 24.3 Å². The molecule has 1 aliphatic heterocycles. The largest absolute Gasteiger partial charge is 0.461 e. The Hall–Kier alpha value is -3.15. The van der Waals surface area contributed by atoms with Crippen LogP contribution in [-0.4, -0.2) is 48.7 Å². The predicted octanol–water partition coefficient (Wildman–Crippen LogP) is 4.53. The first-order valence-corrected chi connectivity index (χ1v) is 11.1. The van der Waals surface area contributed by atoms with Crippen molar-refractivity contribution in [2.75, 3.05) is 42.6 Å². The normalized spacial score (nSPS) is 14.2. The lowest BCUT2D eigenvalue weighted by Crippen LogP contribution is -2.47. The fraction of sp³-hybridized carbons (Fsp3) is 0.400. The molecule has 0 aliphatic carbocycles. The third-order valence-electron chi connectivity index (χ3n) is 5.97. The first-order chi connectivity index (χ1) is 15.1.